The van der Waals surface area contributed by atoms with E-state index in [0.717, 1.165) is 27.1 Å². The van der Waals surface area contributed by atoms with E-state index < -0.39 is 36.7 Å². The van der Waals surface area contributed by atoms with Gasteiger partial charge < -0.3 is 9.80 Å². The summed E-state index contributed by atoms with van der Waals surface area (Å²) in [4.78, 5) is 7.89. The van der Waals surface area contributed by atoms with Gasteiger partial charge in [-0.1, -0.05) is 29.3 Å². The minimum Gasteiger partial charge on any atom is -0.350 e. The fraction of sp³-hybridized carbons (Fsp3) is 0.360. The van der Waals surface area contributed by atoms with E-state index in [9.17, 15) is 21.2 Å². The Morgan fingerprint density at radius 3 is 2.48 bits per heavy atom. The largest absolute Gasteiger partial charge is 0.350 e. The second kappa shape index (κ2) is 9.33. The quantitative estimate of drug-likeness (QED) is 0.310. The maximum absolute atomic E-state index is 14.7. The predicted octanol–water partition coefficient (Wildman–Crippen LogP) is 4.36. The lowest BCUT2D eigenvalue weighted by Gasteiger charge is -2.43. The van der Waals surface area contributed by atoms with Crippen LogP contribution in [0.15, 0.2) is 53.8 Å². The molecule has 1 aliphatic heterocycles. The van der Waals surface area contributed by atoms with Gasteiger partial charge in [-0.25, -0.2) is 17.8 Å². The van der Waals surface area contributed by atoms with Crippen LogP contribution >= 0.6 is 23.2 Å². The first-order valence-electron chi connectivity index (χ1n) is 12.5. The molecular weight excluding hydrogens is 602 g/mol. The molecule has 15 heteroatoms. The van der Waals surface area contributed by atoms with Gasteiger partial charge >= 0.3 is 0 Å². The zero-order valence-corrected chi connectivity index (χ0v) is 24.6. The number of anilines is 2. The number of nitrogens with zero attached hydrogens (tertiary/aromatic N) is 6. The summed E-state index contributed by atoms with van der Waals surface area (Å²) in [5, 5.41) is 4.85. The van der Waals surface area contributed by atoms with Gasteiger partial charge in [0, 0.05) is 38.2 Å². The number of pyridine rings is 1. The summed E-state index contributed by atoms with van der Waals surface area (Å²) in [5.74, 6) is 0.110. The highest BCUT2D eigenvalue weighted by atomic mass is 35.5. The molecule has 1 spiro atoms. The van der Waals surface area contributed by atoms with E-state index in [2.05, 4.69) is 10.1 Å². The number of halogens is 3. The van der Waals surface area contributed by atoms with Gasteiger partial charge in [0.1, 0.15) is 4.90 Å². The van der Waals surface area contributed by atoms with Gasteiger partial charge in [0.25, 0.3) is 10.0 Å². The van der Waals surface area contributed by atoms with Crippen LogP contribution in [0, 0.1) is 5.82 Å². The molecule has 0 atom stereocenters. The van der Waals surface area contributed by atoms with E-state index in [1.165, 1.54) is 38.4 Å². The summed E-state index contributed by atoms with van der Waals surface area (Å²) in [6.07, 6.45) is 5.28. The molecule has 40 heavy (non-hydrogen) atoms. The molecule has 1 saturated heterocycles. The molecule has 4 heterocycles. The Labute approximate surface area is 241 Å². The number of rotatable bonds is 6. The lowest BCUT2D eigenvalue weighted by atomic mass is 10.1. The molecule has 4 aromatic rings. The van der Waals surface area contributed by atoms with Crippen LogP contribution in [0.1, 0.15) is 26.7 Å². The topological polar surface area (TPSA) is 110 Å². The Balaban J connectivity index is 1.41. The molecule has 2 fully saturated rings. The number of hydrogen-bond acceptors (Lipinski definition) is 8. The highest BCUT2D eigenvalue weighted by molar-refractivity contribution is 7.91. The molecule has 3 aromatic heterocycles. The van der Waals surface area contributed by atoms with E-state index in [0.29, 0.717) is 35.9 Å². The predicted molar refractivity (Wildman–Crippen MR) is 152 cm³/mol. The number of benzene rings is 1. The van der Waals surface area contributed by atoms with E-state index in [4.69, 9.17) is 23.2 Å². The van der Waals surface area contributed by atoms with Crippen LogP contribution < -0.4 is 9.80 Å². The monoisotopic (exact) mass is 626 g/mol. The maximum atomic E-state index is 14.7. The minimum absolute atomic E-state index is 0.214. The molecule has 10 nitrogen and oxygen atoms in total. The van der Waals surface area contributed by atoms with Gasteiger partial charge in [0.15, 0.2) is 17.5 Å². The summed E-state index contributed by atoms with van der Waals surface area (Å²) >= 11 is 12.5. The van der Waals surface area contributed by atoms with E-state index in [1.54, 1.807) is 18.2 Å². The standard InChI is InChI=1S/C25H25Cl2FN6O4S2/c1-16(2)39(35,36)32-9-6-18(14-32)40(37,38)34-21-5-3-4-19(27)22(21)24(30-34)33-11-10-31(15-25(33)7-8-25)23-20(28)12-17(26)13-29-23/h3-6,9,12-14,16H,7-8,10-11,15H2,1-2H3. The molecular formula is C25H25Cl2FN6O4S2. The second-order valence-corrected chi connectivity index (χ2v) is 15.3. The number of hydrogen-bond donors (Lipinski definition) is 0. The Morgan fingerprint density at radius 1 is 1.05 bits per heavy atom. The van der Waals surface area contributed by atoms with Gasteiger partial charge in [0.2, 0.25) is 10.0 Å². The first-order chi connectivity index (χ1) is 18.8. The lowest BCUT2D eigenvalue weighted by molar-refractivity contribution is 0.492. The Morgan fingerprint density at radius 2 is 1.80 bits per heavy atom. The molecule has 2 aliphatic rings. The van der Waals surface area contributed by atoms with Crippen molar-refractivity contribution >= 4 is 65.8 Å². The molecule has 0 N–H and O–H groups in total. The molecule has 212 valence electrons. The van der Waals surface area contributed by atoms with Crippen LogP contribution in [0.3, 0.4) is 0 Å². The van der Waals surface area contributed by atoms with Crippen molar-refractivity contribution in [3.63, 3.8) is 0 Å². The van der Waals surface area contributed by atoms with Crippen LogP contribution in [0.4, 0.5) is 16.0 Å². The molecule has 6 rings (SSSR count). The average molecular weight is 628 g/mol. The van der Waals surface area contributed by atoms with Crippen molar-refractivity contribution in [1.29, 1.82) is 0 Å². The molecule has 0 unspecified atom stereocenters. The van der Waals surface area contributed by atoms with Gasteiger partial charge in [0.05, 0.1) is 31.7 Å². The van der Waals surface area contributed by atoms with Crippen LogP contribution in [-0.4, -0.2) is 65.4 Å². The van der Waals surface area contributed by atoms with E-state index >= 15 is 0 Å². The summed E-state index contributed by atoms with van der Waals surface area (Å²) in [6, 6.07) is 7.38. The highest BCUT2D eigenvalue weighted by Gasteiger charge is 2.53. The third-order valence-corrected chi connectivity index (χ3v) is 11.6. The molecule has 0 radical (unpaired) electrons. The zero-order valence-electron chi connectivity index (χ0n) is 21.5. The van der Waals surface area contributed by atoms with Crippen LogP contribution in [-0.2, 0) is 20.0 Å². The second-order valence-electron chi connectivity index (χ2n) is 10.3. The lowest BCUT2D eigenvalue weighted by Crippen LogP contribution is -2.56. The molecule has 0 amide bonds. The molecule has 1 aliphatic carbocycles. The highest BCUT2D eigenvalue weighted by Crippen LogP contribution is 2.49. The number of fused-ring (bicyclic) bond motifs is 1. The van der Waals surface area contributed by atoms with Crippen molar-refractivity contribution in [2.75, 3.05) is 29.4 Å². The SMILES string of the molecule is CC(C)S(=O)(=O)n1ccc(S(=O)(=O)n2nc(N3CCN(c4ncc(Cl)cc4F)CC34CC4)c3c(Cl)cccc32)c1. The summed E-state index contributed by atoms with van der Waals surface area (Å²) in [6.45, 7) is 4.33. The fourth-order valence-electron chi connectivity index (χ4n) is 5.17. The van der Waals surface area contributed by atoms with Gasteiger partial charge in [-0.05, 0) is 51.0 Å². The van der Waals surface area contributed by atoms with E-state index in [1.807, 2.05) is 9.80 Å². The zero-order chi connectivity index (χ0) is 28.6. The van der Waals surface area contributed by atoms with Crippen molar-refractivity contribution in [3.05, 3.63) is 64.8 Å². The molecule has 0 bridgehead atoms. The Bertz CT molecular complexity index is 1870. The van der Waals surface area contributed by atoms with Crippen LogP contribution in [0.5, 0.6) is 0 Å². The maximum Gasteiger partial charge on any atom is 0.285 e. The van der Waals surface area contributed by atoms with Crippen molar-refractivity contribution < 1.29 is 21.2 Å². The molecule has 1 aromatic carbocycles. The van der Waals surface area contributed by atoms with Crippen molar-refractivity contribution in [3.8, 4) is 0 Å². The smallest absolute Gasteiger partial charge is 0.285 e. The summed E-state index contributed by atoms with van der Waals surface area (Å²) < 4.78 is 69.3. The third kappa shape index (κ3) is 4.25. The summed E-state index contributed by atoms with van der Waals surface area (Å²) in [5.41, 5.74) is -0.138. The van der Waals surface area contributed by atoms with Crippen molar-refractivity contribution in [2.45, 2.75) is 42.4 Å². The van der Waals surface area contributed by atoms with Crippen LogP contribution in [0.25, 0.3) is 10.9 Å². The van der Waals surface area contributed by atoms with Crippen LogP contribution in [0.2, 0.25) is 10.0 Å². The van der Waals surface area contributed by atoms with Gasteiger partial charge in [-0.15, -0.1) is 5.10 Å². The fourth-order valence-corrected chi connectivity index (χ4v) is 7.89. The first-order valence-corrected chi connectivity index (χ1v) is 16.2. The van der Waals surface area contributed by atoms with E-state index in [-0.39, 0.29) is 21.3 Å². The summed E-state index contributed by atoms with van der Waals surface area (Å²) in [7, 11) is -8.04. The normalized spacial score (nSPS) is 17.4. The minimum atomic E-state index is -4.29. The molecule has 1 saturated carbocycles. The van der Waals surface area contributed by atoms with Crippen molar-refractivity contribution in [2.24, 2.45) is 0 Å². The Kier molecular flexibility index (Phi) is 6.37. The average Bonchev–Trinajstić information content (AvgIpc) is 3.29. The van der Waals surface area contributed by atoms with Gasteiger partial charge in [-0.2, -0.15) is 12.5 Å². The number of piperazine rings is 1. The third-order valence-electron chi connectivity index (χ3n) is 7.48. The van der Waals surface area contributed by atoms with Gasteiger partial charge in [-0.3, -0.25) is 3.97 Å². The number of aromatic nitrogens is 4. The van der Waals surface area contributed by atoms with Crippen molar-refractivity contribution in [1.82, 2.24) is 18.1 Å². The Hall–Kier alpha value is -2.87. The first kappa shape index (κ1) is 27.3.